The molecule has 1 unspecified atom stereocenters. The molecular formula is C15H20ClNO2S. The number of carbonyl (C=O) groups is 1. The number of thiophene rings is 1. The molecule has 1 saturated heterocycles. The molecule has 0 saturated carbocycles. The van der Waals surface area contributed by atoms with Crippen LogP contribution in [-0.4, -0.2) is 42.5 Å². The number of halogens is 1. The molecule has 1 aliphatic heterocycles. The molecule has 1 amide bonds. The van der Waals surface area contributed by atoms with Crippen LogP contribution in [0.25, 0.3) is 0 Å². The third-order valence-electron chi connectivity index (χ3n) is 4.12. The van der Waals surface area contributed by atoms with E-state index in [1.54, 1.807) is 11.3 Å². The van der Waals surface area contributed by atoms with E-state index >= 15 is 0 Å². The molecule has 0 bridgehead atoms. The predicted molar refractivity (Wildman–Crippen MR) is 81.9 cm³/mol. The first-order valence-electron chi connectivity index (χ1n) is 7.36. The van der Waals surface area contributed by atoms with Gasteiger partial charge in [0.2, 0.25) is 0 Å². The van der Waals surface area contributed by atoms with Crippen molar-refractivity contribution in [3.63, 3.8) is 0 Å². The Kier molecular flexibility index (Phi) is 4.64. The molecule has 0 spiro atoms. The number of rotatable bonds is 2. The quantitative estimate of drug-likeness (QED) is 0.620. The number of morpholine rings is 1. The molecule has 110 valence electrons. The van der Waals surface area contributed by atoms with Crippen molar-refractivity contribution in [2.24, 2.45) is 0 Å². The largest absolute Gasteiger partial charge is 0.377 e. The van der Waals surface area contributed by atoms with E-state index in [-0.39, 0.29) is 11.9 Å². The standard InChI is InChI=1S/C15H20ClNO2S/c16-9-12-10-19-7-6-17(12)15(18)14-8-11-4-2-1-3-5-13(11)20-14/h8,12H,1-7,9-10H2. The highest BCUT2D eigenvalue weighted by Gasteiger charge is 2.29. The number of amides is 1. The number of ether oxygens (including phenoxy) is 1. The van der Waals surface area contributed by atoms with Gasteiger partial charge >= 0.3 is 0 Å². The van der Waals surface area contributed by atoms with Gasteiger partial charge in [0.05, 0.1) is 24.1 Å². The molecular weight excluding hydrogens is 294 g/mol. The highest BCUT2D eigenvalue weighted by Crippen LogP contribution is 2.30. The van der Waals surface area contributed by atoms with Crippen molar-refractivity contribution in [3.8, 4) is 0 Å². The lowest BCUT2D eigenvalue weighted by atomic mass is 10.1. The Balaban J connectivity index is 1.79. The zero-order valence-corrected chi connectivity index (χ0v) is 13.1. The Morgan fingerprint density at radius 1 is 1.40 bits per heavy atom. The average Bonchev–Trinajstić information content (AvgIpc) is 2.77. The normalized spacial score (nSPS) is 23.2. The summed E-state index contributed by atoms with van der Waals surface area (Å²) in [4.78, 5) is 16.9. The summed E-state index contributed by atoms with van der Waals surface area (Å²) in [5.41, 5.74) is 1.39. The van der Waals surface area contributed by atoms with Crippen molar-refractivity contribution in [3.05, 3.63) is 21.4 Å². The van der Waals surface area contributed by atoms with Crippen LogP contribution in [0.1, 0.15) is 39.4 Å². The minimum atomic E-state index is 0.0137. The fourth-order valence-electron chi connectivity index (χ4n) is 2.96. The van der Waals surface area contributed by atoms with Crippen molar-refractivity contribution in [1.82, 2.24) is 4.90 Å². The second kappa shape index (κ2) is 6.46. The number of hydrogen-bond acceptors (Lipinski definition) is 3. The third-order valence-corrected chi connectivity index (χ3v) is 5.71. The SMILES string of the molecule is O=C(c1cc2c(s1)CCCCC2)N1CCOCC1CCl. The average molecular weight is 314 g/mol. The lowest BCUT2D eigenvalue weighted by molar-refractivity contribution is 0.00483. The van der Waals surface area contributed by atoms with Crippen molar-refractivity contribution in [2.75, 3.05) is 25.6 Å². The van der Waals surface area contributed by atoms with Crippen LogP contribution in [0.3, 0.4) is 0 Å². The van der Waals surface area contributed by atoms with Gasteiger partial charge in [0.15, 0.2) is 0 Å². The van der Waals surface area contributed by atoms with Gasteiger partial charge in [-0.2, -0.15) is 0 Å². The van der Waals surface area contributed by atoms with Gasteiger partial charge in [0.1, 0.15) is 0 Å². The zero-order chi connectivity index (χ0) is 13.9. The van der Waals surface area contributed by atoms with E-state index < -0.39 is 0 Å². The number of fused-ring (bicyclic) bond motifs is 1. The second-order valence-electron chi connectivity index (χ2n) is 5.50. The summed E-state index contributed by atoms with van der Waals surface area (Å²) < 4.78 is 5.41. The molecule has 20 heavy (non-hydrogen) atoms. The van der Waals surface area contributed by atoms with Crippen LogP contribution in [0.5, 0.6) is 0 Å². The van der Waals surface area contributed by atoms with E-state index in [1.165, 1.54) is 29.7 Å². The van der Waals surface area contributed by atoms with Crippen LogP contribution in [0, 0.1) is 0 Å². The van der Waals surface area contributed by atoms with Gasteiger partial charge in [-0.1, -0.05) is 6.42 Å². The molecule has 1 aromatic rings. The van der Waals surface area contributed by atoms with Gasteiger partial charge in [-0.3, -0.25) is 4.79 Å². The molecule has 1 aromatic heterocycles. The molecule has 3 rings (SSSR count). The van der Waals surface area contributed by atoms with Gasteiger partial charge in [-0.25, -0.2) is 0 Å². The van der Waals surface area contributed by atoms with Gasteiger partial charge in [0, 0.05) is 17.3 Å². The first kappa shape index (κ1) is 14.4. The smallest absolute Gasteiger partial charge is 0.264 e. The summed E-state index contributed by atoms with van der Waals surface area (Å²) in [7, 11) is 0. The summed E-state index contributed by atoms with van der Waals surface area (Å²) in [5.74, 6) is 0.577. The maximum Gasteiger partial charge on any atom is 0.264 e. The Morgan fingerprint density at radius 2 is 2.25 bits per heavy atom. The minimum absolute atomic E-state index is 0.0137. The Morgan fingerprint density at radius 3 is 3.10 bits per heavy atom. The minimum Gasteiger partial charge on any atom is -0.377 e. The highest BCUT2D eigenvalue weighted by atomic mass is 35.5. The van der Waals surface area contributed by atoms with E-state index in [0.717, 1.165) is 17.7 Å². The first-order chi connectivity index (χ1) is 9.79. The Bertz CT molecular complexity index is 465. The fourth-order valence-corrected chi connectivity index (χ4v) is 4.43. The molecule has 1 atom stereocenters. The molecule has 2 heterocycles. The van der Waals surface area contributed by atoms with E-state index in [1.807, 2.05) is 4.90 Å². The summed E-state index contributed by atoms with van der Waals surface area (Å²) >= 11 is 7.65. The van der Waals surface area contributed by atoms with Gasteiger partial charge in [-0.15, -0.1) is 22.9 Å². The topological polar surface area (TPSA) is 29.5 Å². The maximum atomic E-state index is 12.7. The molecule has 0 aromatic carbocycles. The Hall–Kier alpha value is -0.580. The van der Waals surface area contributed by atoms with E-state index in [0.29, 0.717) is 25.6 Å². The van der Waals surface area contributed by atoms with Crippen LogP contribution in [-0.2, 0) is 17.6 Å². The molecule has 2 aliphatic rings. The molecule has 0 radical (unpaired) electrons. The molecule has 0 N–H and O–H groups in total. The number of alkyl halides is 1. The monoisotopic (exact) mass is 313 g/mol. The number of nitrogens with zero attached hydrogens (tertiary/aromatic N) is 1. The highest BCUT2D eigenvalue weighted by molar-refractivity contribution is 7.14. The lowest BCUT2D eigenvalue weighted by Crippen LogP contribution is -2.49. The molecule has 3 nitrogen and oxygen atoms in total. The second-order valence-corrected chi connectivity index (χ2v) is 6.95. The zero-order valence-electron chi connectivity index (χ0n) is 11.6. The van der Waals surface area contributed by atoms with E-state index in [2.05, 4.69) is 6.07 Å². The number of carbonyl (C=O) groups excluding carboxylic acids is 1. The number of aryl methyl sites for hydroxylation is 2. The van der Waals surface area contributed by atoms with Crippen LogP contribution in [0.4, 0.5) is 0 Å². The molecule has 5 heteroatoms. The first-order valence-corrected chi connectivity index (χ1v) is 8.71. The van der Waals surface area contributed by atoms with Gasteiger partial charge < -0.3 is 9.64 Å². The predicted octanol–water partition coefficient (Wildman–Crippen LogP) is 3.10. The lowest BCUT2D eigenvalue weighted by Gasteiger charge is -2.34. The van der Waals surface area contributed by atoms with Crippen molar-refractivity contribution in [2.45, 2.75) is 38.1 Å². The van der Waals surface area contributed by atoms with E-state index in [4.69, 9.17) is 16.3 Å². The van der Waals surface area contributed by atoms with Crippen LogP contribution in [0.15, 0.2) is 6.07 Å². The third kappa shape index (κ3) is 2.87. The van der Waals surface area contributed by atoms with Gasteiger partial charge in [0.25, 0.3) is 5.91 Å². The maximum absolute atomic E-state index is 12.7. The van der Waals surface area contributed by atoms with Gasteiger partial charge in [-0.05, 0) is 37.3 Å². The Labute approximate surface area is 128 Å². The van der Waals surface area contributed by atoms with Crippen LogP contribution in [0.2, 0.25) is 0 Å². The molecule has 1 aliphatic carbocycles. The molecule has 1 fully saturated rings. The summed E-state index contributed by atoms with van der Waals surface area (Å²) in [6, 6.07) is 2.13. The summed E-state index contributed by atoms with van der Waals surface area (Å²) in [6.45, 7) is 1.82. The fraction of sp³-hybridized carbons (Fsp3) is 0.667. The van der Waals surface area contributed by atoms with Crippen molar-refractivity contribution >= 4 is 28.8 Å². The van der Waals surface area contributed by atoms with Crippen LogP contribution < -0.4 is 0 Å². The van der Waals surface area contributed by atoms with Crippen molar-refractivity contribution < 1.29 is 9.53 Å². The number of hydrogen-bond donors (Lipinski definition) is 0. The summed E-state index contributed by atoms with van der Waals surface area (Å²) in [6.07, 6.45) is 6.07. The van der Waals surface area contributed by atoms with Crippen LogP contribution >= 0.6 is 22.9 Å². The summed E-state index contributed by atoms with van der Waals surface area (Å²) in [5, 5.41) is 0. The van der Waals surface area contributed by atoms with Crippen molar-refractivity contribution in [1.29, 1.82) is 0 Å². The van der Waals surface area contributed by atoms with E-state index in [9.17, 15) is 4.79 Å².